The highest BCUT2D eigenvalue weighted by molar-refractivity contribution is 7.21. The van der Waals surface area contributed by atoms with Crippen molar-refractivity contribution in [3.8, 4) is 6.07 Å². The van der Waals surface area contributed by atoms with E-state index in [0.29, 0.717) is 39.4 Å². The van der Waals surface area contributed by atoms with Gasteiger partial charge in [-0.3, -0.25) is 9.69 Å². The summed E-state index contributed by atoms with van der Waals surface area (Å²) in [4.78, 5) is 28.0. The van der Waals surface area contributed by atoms with Gasteiger partial charge >= 0.3 is 0 Å². The number of nitrogens with zero attached hydrogens (tertiary/aromatic N) is 5. The summed E-state index contributed by atoms with van der Waals surface area (Å²) < 4.78 is 0. The number of nitrogen functional groups attached to an aromatic ring is 1. The minimum absolute atomic E-state index is 0.000796. The maximum Gasteiger partial charge on any atom is 0.263 e. The first kappa shape index (κ1) is 22.3. The Morgan fingerprint density at radius 3 is 2.74 bits per heavy atom. The van der Waals surface area contributed by atoms with Gasteiger partial charge < -0.3 is 16.0 Å². The van der Waals surface area contributed by atoms with Crippen LogP contribution in [-0.2, 0) is 12.8 Å². The molecule has 2 aliphatic heterocycles. The highest BCUT2D eigenvalue weighted by Crippen LogP contribution is 2.36. The molecule has 6 rings (SSSR count). The number of anilines is 2. The molecule has 3 N–H and O–H groups in total. The SMILES string of the molecule is Cc1cnc2c(N)c(C(=O)N[C@@H]3CCc4cc(N5CC6CCC(C5)N6C)c(C#N)cc4C3)sc2n1. The molecule has 180 valence electrons. The van der Waals surface area contributed by atoms with Crippen molar-refractivity contribution in [2.75, 3.05) is 30.8 Å². The average molecular weight is 488 g/mol. The fraction of sp³-hybridized carbons (Fsp3) is 0.462. The van der Waals surface area contributed by atoms with Gasteiger partial charge in [0.05, 0.1) is 22.6 Å². The first-order chi connectivity index (χ1) is 16.9. The highest BCUT2D eigenvalue weighted by atomic mass is 32.1. The van der Waals surface area contributed by atoms with E-state index in [2.05, 4.69) is 44.3 Å². The maximum atomic E-state index is 13.1. The number of aryl methyl sites for hydroxylation is 2. The molecule has 2 aromatic heterocycles. The Hall–Kier alpha value is -3.22. The fourth-order valence-corrected chi connectivity index (χ4v) is 6.97. The van der Waals surface area contributed by atoms with E-state index in [1.54, 1.807) is 6.20 Å². The van der Waals surface area contributed by atoms with E-state index >= 15 is 0 Å². The summed E-state index contributed by atoms with van der Waals surface area (Å²) in [5, 5.41) is 13.1. The Morgan fingerprint density at radius 2 is 2.00 bits per heavy atom. The summed E-state index contributed by atoms with van der Waals surface area (Å²) in [5.74, 6) is -0.177. The Balaban J connectivity index is 1.20. The van der Waals surface area contributed by atoms with Gasteiger partial charge in [0.1, 0.15) is 21.3 Å². The first-order valence-electron chi connectivity index (χ1n) is 12.3. The quantitative estimate of drug-likeness (QED) is 0.584. The van der Waals surface area contributed by atoms with Crippen LogP contribution in [0.3, 0.4) is 0 Å². The summed E-state index contributed by atoms with van der Waals surface area (Å²) in [6.45, 7) is 3.84. The van der Waals surface area contributed by atoms with Crippen molar-refractivity contribution >= 4 is 39.0 Å². The maximum absolute atomic E-state index is 13.1. The normalized spacial score (nSPS) is 23.8. The second-order valence-corrected chi connectivity index (χ2v) is 11.1. The molecule has 4 heterocycles. The molecule has 1 amide bonds. The van der Waals surface area contributed by atoms with Gasteiger partial charge in [0, 0.05) is 37.4 Å². The number of piperazine rings is 1. The van der Waals surface area contributed by atoms with Crippen LogP contribution in [-0.4, -0.2) is 59.0 Å². The van der Waals surface area contributed by atoms with Crippen molar-refractivity contribution in [3.63, 3.8) is 0 Å². The Labute approximate surface area is 208 Å². The number of likely N-dealkylation sites (N-methyl/N-ethyl adjacent to an activating group) is 1. The van der Waals surface area contributed by atoms with E-state index in [-0.39, 0.29) is 11.9 Å². The lowest BCUT2D eigenvalue weighted by Crippen LogP contribution is -2.52. The van der Waals surface area contributed by atoms with Crippen molar-refractivity contribution in [1.82, 2.24) is 20.2 Å². The molecule has 2 bridgehead atoms. The molecular weight excluding hydrogens is 458 g/mol. The smallest absolute Gasteiger partial charge is 0.263 e. The number of thiophene rings is 1. The molecule has 35 heavy (non-hydrogen) atoms. The van der Waals surface area contributed by atoms with E-state index in [4.69, 9.17) is 5.73 Å². The molecule has 2 fully saturated rings. The molecule has 1 aromatic carbocycles. The largest absolute Gasteiger partial charge is 0.396 e. The van der Waals surface area contributed by atoms with Gasteiger partial charge in [-0.25, -0.2) is 9.97 Å². The number of hydrogen-bond donors (Lipinski definition) is 2. The number of carbonyl (C=O) groups excluding carboxylic acids is 1. The molecule has 0 radical (unpaired) electrons. The van der Waals surface area contributed by atoms with Crippen LogP contribution >= 0.6 is 11.3 Å². The Kier molecular flexibility index (Phi) is 5.38. The lowest BCUT2D eigenvalue weighted by atomic mass is 9.86. The third-order valence-electron chi connectivity index (χ3n) is 7.96. The van der Waals surface area contributed by atoms with E-state index in [9.17, 15) is 10.1 Å². The molecule has 2 unspecified atom stereocenters. The molecule has 0 saturated carbocycles. The third-order valence-corrected chi connectivity index (χ3v) is 9.04. The number of hydrogen-bond acceptors (Lipinski definition) is 8. The van der Waals surface area contributed by atoms with E-state index in [0.717, 1.165) is 48.4 Å². The number of amides is 1. The van der Waals surface area contributed by atoms with Gasteiger partial charge in [-0.15, -0.1) is 11.3 Å². The van der Waals surface area contributed by atoms with Crippen molar-refractivity contribution < 1.29 is 4.79 Å². The predicted octanol–water partition coefficient (Wildman–Crippen LogP) is 3.02. The van der Waals surface area contributed by atoms with Crippen LogP contribution in [0.5, 0.6) is 0 Å². The first-order valence-corrected chi connectivity index (χ1v) is 13.1. The van der Waals surface area contributed by atoms with Gasteiger partial charge in [0.15, 0.2) is 0 Å². The monoisotopic (exact) mass is 487 g/mol. The minimum Gasteiger partial charge on any atom is -0.396 e. The van der Waals surface area contributed by atoms with Crippen molar-refractivity contribution in [2.24, 2.45) is 0 Å². The topological polar surface area (TPSA) is 111 Å². The van der Waals surface area contributed by atoms with Gasteiger partial charge in [-0.2, -0.15) is 5.26 Å². The van der Waals surface area contributed by atoms with Crippen LogP contribution in [0.2, 0.25) is 0 Å². The molecule has 9 heteroatoms. The second-order valence-electron chi connectivity index (χ2n) is 10.1. The number of carbonyl (C=O) groups is 1. The summed E-state index contributed by atoms with van der Waals surface area (Å²) in [6.07, 6.45) is 6.59. The predicted molar refractivity (Wildman–Crippen MR) is 138 cm³/mol. The molecule has 3 aromatic rings. The molecular formula is C26H29N7OS. The van der Waals surface area contributed by atoms with Crippen molar-refractivity contribution in [3.05, 3.63) is 45.6 Å². The van der Waals surface area contributed by atoms with Crippen molar-refractivity contribution in [1.29, 1.82) is 5.26 Å². The van der Waals surface area contributed by atoms with Crippen LogP contribution in [0.4, 0.5) is 11.4 Å². The summed E-state index contributed by atoms with van der Waals surface area (Å²) in [7, 11) is 2.23. The van der Waals surface area contributed by atoms with Gasteiger partial charge in [-0.05, 0) is 69.3 Å². The number of nitrogens with two attached hydrogens (primary N) is 1. The standard InChI is InChI=1S/C26H29N7OS/c1-14-11-29-23-22(28)24(35-26(23)30-14)25(34)31-18-4-3-15-9-21(17(10-27)7-16(15)8-18)33-12-19-5-6-20(13-33)32(19)2/h7,9,11,18-20H,3-6,8,12-13,28H2,1-2H3,(H,31,34)/t18-,19?,20?/m1/s1. The molecule has 3 aliphatic rings. The summed E-state index contributed by atoms with van der Waals surface area (Å²) in [5.41, 5.74) is 12.3. The molecule has 2 saturated heterocycles. The van der Waals surface area contributed by atoms with Gasteiger partial charge in [0.25, 0.3) is 5.91 Å². The number of rotatable bonds is 3. The molecule has 1 aliphatic carbocycles. The minimum atomic E-state index is -0.177. The van der Waals surface area contributed by atoms with Gasteiger partial charge in [0.2, 0.25) is 0 Å². The zero-order valence-corrected chi connectivity index (χ0v) is 20.9. The fourth-order valence-electron chi connectivity index (χ4n) is 5.97. The lowest BCUT2D eigenvalue weighted by Gasteiger charge is -2.41. The summed E-state index contributed by atoms with van der Waals surface area (Å²) in [6, 6.07) is 7.88. The zero-order chi connectivity index (χ0) is 24.3. The third kappa shape index (κ3) is 3.81. The number of aromatic nitrogens is 2. The van der Waals surface area contributed by atoms with Crippen LogP contribution in [0.25, 0.3) is 10.3 Å². The Morgan fingerprint density at radius 1 is 1.23 bits per heavy atom. The van der Waals surface area contributed by atoms with E-state index in [1.807, 2.05) is 13.0 Å². The highest BCUT2D eigenvalue weighted by Gasteiger charge is 2.38. The molecule has 0 spiro atoms. The van der Waals surface area contributed by atoms with Gasteiger partial charge in [-0.1, -0.05) is 0 Å². The Bertz CT molecular complexity index is 1360. The van der Waals surface area contributed by atoms with Crippen LogP contribution in [0.1, 0.15) is 51.3 Å². The average Bonchev–Trinajstić information content (AvgIpc) is 3.26. The summed E-state index contributed by atoms with van der Waals surface area (Å²) >= 11 is 1.29. The second kappa shape index (κ2) is 8.47. The number of benzene rings is 1. The number of nitrogens with one attached hydrogen (secondary N) is 1. The van der Waals surface area contributed by atoms with Crippen LogP contribution in [0, 0.1) is 18.3 Å². The van der Waals surface area contributed by atoms with E-state index < -0.39 is 0 Å². The molecule has 3 atom stereocenters. The van der Waals surface area contributed by atoms with E-state index in [1.165, 1.54) is 29.7 Å². The lowest BCUT2D eigenvalue weighted by molar-refractivity contribution is 0.0938. The molecule has 8 nitrogen and oxygen atoms in total. The number of fused-ring (bicyclic) bond motifs is 4. The van der Waals surface area contributed by atoms with Crippen LogP contribution in [0.15, 0.2) is 18.3 Å². The zero-order valence-electron chi connectivity index (χ0n) is 20.0. The number of nitriles is 1. The van der Waals surface area contributed by atoms with Crippen LogP contribution < -0.4 is 16.0 Å². The van der Waals surface area contributed by atoms with Crippen molar-refractivity contribution in [2.45, 2.75) is 57.2 Å².